The number of pyridine rings is 1. The lowest BCUT2D eigenvalue weighted by Gasteiger charge is -1.93. The lowest BCUT2D eigenvalue weighted by atomic mass is 10.3. The standard InChI is InChI=1S/C10H7FN2OS.C2H6/c1-6-9(5-14)15-10(13-6)7-2-8(11)4-12-3-7;1-2/h2-5H,1H3;1-2H3. The molecule has 5 heteroatoms. The van der Waals surface area contributed by atoms with E-state index < -0.39 is 5.82 Å². The molecular formula is C12H13FN2OS. The molecule has 0 aliphatic heterocycles. The Bertz CT molecular complexity index is 511. The smallest absolute Gasteiger partial charge is 0.161 e. The van der Waals surface area contributed by atoms with Gasteiger partial charge < -0.3 is 0 Å². The van der Waals surface area contributed by atoms with E-state index in [0.29, 0.717) is 21.1 Å². The summed E-state index contributed by atoms with van der Waals surface area (Å²) in [5, 5.41) is 0.613. The molecule has 2 rings (SSSR count). The number of hydrogen-bond donors (Lipinski definition) is 0. The molecule has 3 nitrogen and oxygen atoms in total. The molecule has 0 unspecified atom stereocenters. The van der Waals surface area contributed by atoms with Crippen molar-refractivity contribution in [1.82, 2.24) is 9.97 Å². The zero-order chi connectivity index (χ0) is 12.8. The Labute approximate surface area is 103 Å². The summed E-state index contributed by atoms with van der Waals surface area (Å²) in [6.07, 6.45) is 3.41. The van der Waals surface area contributed by atoms with Gasteiger partial charge in [0, 0.05) is 11.8 Å². The van der Waals surface area contributed by atoms with Crippen molar-refractivity contribution in [3.05, 3.63) is 34.8 Å². The van der Waals surface area contributed by atoms with E-state index in [0.717, 1.165) is 12.5 Å². The molecule has 2 aromatic rings. The monoisotopic (exact) mass is 252 g/mol. The van der Waals surface area contributed by atoms with Gasteiger partial charge in [0.15, 0.2) is 6.29 Å². The van der Waals surface area contributed by atoms with Gasteiger partial charge in [0.1, 0.15) is 10.8 Å². The van der Waals surface area contributed by atoms with E-state index in [4.69, 9.17) is 0 Å². The molecule has 0 fully saturated rings. The predicted molar refractivity (Wildman–Crippen MR) is 66.8 cm³/mol. The maximum absolute atomic E-state index is 12.9. The molecule has 0 aliphatic carbocycles. The second kappa shape index (κ2) is 6.20. The fourth-order valence-electron chi connectivity index (χ4n) is 1.17. The van der Waals surface area contributed by atoms with E-state index >= 15 is 0 Å². The first-order valence-electron chi connectivity index (χ1n) is 5.24. The summed E-state index contributed by atoms with van der Waals surface area (Å²) in [5.41, 5.74) is 1.26. The molecule has 0 saturated heterocycles. The molecule has 2 heterocycles. The maximum Gasteiger partial charge on any atom is 0.161 e. The fraction of sp³-hybridized carbons (Fsp3) is 0.250. The molecule has 0 atom stereocenters. The van der Waals surface area contributed by atoms with Gasteiger partial charge in [-0.2, -0.15) is 0 Å². The third kappa shape index (κ3) is 3.17. The first-order valence-corrected chi connectivity index (χ1v) is 6.06. The zero-order valence-corrected chi connectivity index (χ0v) is 10.7. The van der Waals surface area contributed by atoms with Crippen molar-refractivity contribution in [3.8, 4) is 10.6 Å². The van der Waals surface area contributed by atoms with Crippen molar-refractivity contribution in [1.29, 1.82) is 0 Å². The lowest BCUT2D eigenvalue weighted by molar-refractivity contribution is 0.112. The molecule has 90 valence electrons. The number of aromatic nitrogens is 2. The summed E-state index contributed by atoms with van der Waals surface area (Å²) < 4.78 is 12.9. The number of carbonyl (C=O) groups is 1. The van der Waals surface area contributed by atoms with Crippen molar-refractivity contribution < 1.29 is 9.18 Å². The molecule has 0 amide bonds. The third-order valence-corrected chi connectivity index (χ3v) is 3.02. The highest BCUT2D eigenvalue weighted by molar-refractivity contribution is 7.16. The van der Waals surface area contributed by atoms with Gasteiger partial charge in [0.25, 0.3) is 0 Å². The Morgan fingerprint density at radius 3 is 2.59 bits per heavy atom. The number of aldehydes is 1. The second-order valence-corrected chi connectivity index (χ2v) is 4.01. The molecule has 0 aromatic carbocycles. The Balaban J connectivity index is 0.000000686. The molecular weight excluding hydrogens is 239 g/mol. The molecule has 0 aliphatic rings. The van der Waals surface area contributed by atoms with Crippen LogP contribution in [-0.4, -0.2) is 16.3 Å². The summed E-state index contributed by atoms with van der Waals surface area (Å²) in [4.78, 5) is 19.1. The predicted octanol–water partition coefficient (Wildman–Crippen LogP) is 3.49. The van der Waals surface area contributed by atoms with Crippen molar-refractivity contribution in [3.63, 3.8) is 0 Å². The van der Waals surface area contributed by atoms with E-state index in [1.54, 1.807) is 6.92 Å². The van der Waals surface area contributed by atoms with Crippen LogP contribution in [-0.2, 0) is 0 Å². The Morgan fingerprint density at radius 1 is 1.35 bits per heavy atom. The number of hydrogen-bond acceptors (Lipinski definition) is 4. The van der Waals surface area contributed by atoms with Gasteiger partial charge in [-0.3, -0.25) is 9.78 Å². The van der Waals surface area contributed by atoms with Crippen LogP contribution in [0.1, 0.15) is 29.2 Å². The topological polar surface area (TPSA) is 42.9 Å². The van der Waals surface area contributed by atoms with Crippen molar-refractivity contribution >= 4 is 17.6 Å². The minimum absolute atomic E-state index is 0.409. The Morgan fingerprint density at radius 2 is 2.06 bits per heavy atom. The zero-order valence-electron chi connectivity index (χ0n) is 9.90. The van der Waals surface area contributed by atoms with Crippen molar-refractivity contribution in [2.24, 2.45) is 0 Å². The van der Waals surface area contributed by atoms with E-state index in [1.165, 1.54) is 23.6 Å². The van der Waals surface area contributed by atoms with Crippen LogP contribution >= 0.6 is 11.3 Å². The van der Waals surface area contributed by atoms with Gasteiger partial charge in [-0.05, 0) is 13.0 Å². The largest absolute Gasteiger partial charge is 0.297 e. The van der Waals surface area contributed by atoms with Crippen LogP contribution in [0.25, 0.3) is 10.6 Å². The van der Waals surface area contributed by atoms with E-state index in [2.05, 4.69) is 9.97 Å². The summed E-state index contributed by atoms with van der Waals surface area (Å²) in [7, 11) is 0. The normalized spacial score (nSPS) is 9.41. The number of aryl methyl sites for hydroxylation is 1. The molecule has 0 radical (unpaired) electrons. The maximum atomic E-state index is 12.9. The summed E-state index contributed by atoms with van der Waals surface area (Å²) in [6.45, 7) is 5.75. The van der Waals surface area contributed by atoms with Crippen LogP contribution in [0, 0.1) is 12.7 Å². The van der Waals surface area contributed by atoms with Crippen LogP contribution in [0.2, 0.25) is 0 Å². The highest BCUT2D eigenvalue weighted by atomic mass is 32.1. The summed E-state index contributed by atoms with van der Waals surface area (Å²) in [6, 6.07) is 1.35. The van der Waals surface area contributed by atoms with Crippen molar-refractivity contribution in [2.75, 3.05) is 0 Å². The Hall–Kier alpha value is -1.62. The summed E-state index contributed by atoms with van der Waals surface area (Å²) >= 11 is 1.24. The first-order chi connectivity index (χ1) is 8.20. The lowest BCUT2D eigenvalue weighted by Crippen LogP contribution is -1.82. The molecule has 17 heavy (non-hydrogen) atoms. The van der Waals surface area contributed by atoms with Gasteiger partial charge >= 0.3 is 0 Å². The van der Waals surface area contributed by atoms with Gasteiger partial charge in [0.05, 0.1) is 16.8 Å². The van der Waals surface area contributed by atoms with Gasteiger partial charge in [0.2, 0.25) is 0 Å². The third-order valence-electron chi connectivity index (χ3n) is 1.89. The highest BCUT2D eigenvalue weighted by Crippen LogP contribution is 2.26. The van der Waals surface area contributed by atoms with Gasteiger partial charge in [-0.1, -0.05) is 13.8 Å². The molecule has 0 bridgehead atoms. The number of halogens is 1. The quantitative estimate of drug-likeness (QED) is 0.768. The average molecular weight is 252 g/mol. The molecule has 0 saturated carbocycles. The van der Waals surface area contributed by atoms with Crippen molar-refractivity contribution in [2.45, 2.75) is 20.8 Å². The average Bonchev–Trinajstić information content (AvgIpc) is 2.73. The SMILES string of the molecule is CC.Cc1nc(-c2cncc(F)c2)sc1C=O. The number of thiazole rings is 1. The number of carbonyl (C=O) groups excluding carboxylic acids is 1. The second-order valence-electron chi connectivity index (χ2n) is 2.98. The first kappa shape index (κ1) is 13.4. The molecule has 0 spiro atoms. The minimum atomic E-state index is -0.409. The number of nitrogens with zero attached hydrogens (tertiary/aromatic N) is 2. The Kier molecular flexibility index (Phi) is 4.90. The van der Waals surface area contributed by atoms with Crippen LogP contribution < -0.4 is 0 Å². The van der Waals surface area contributed by atoms with Gasteiger partial charge in [-0.15, -0.1) is 11.3 Å². The van der Waals surface area contributed by atoms with Crippen LogP contribution in [0.15, 0.2) is 18.5 Å². The fourth-order valence-corrected chi connectivity index (χ4v) is 2.03. The summed E-state index contributed by atoms with van der Waals surface area (Å²) in [5.74, 6) is -0.409. The highest BCUT2D eigenvalue weighted by Gasteiger charge is 2.09. The molecule has 2 aromatic heterocycles. The van der Waals surface area contributed by atoms with E-state index in [1.807, 2.05) is 13.8 Å². The molecule has 0 N–H and O–H groups in total. The van der Waals surface area contributed by atoms with Crippen LogP contribution in [0.3, 0.4) is 0 Å². The van der Waals surface area contributed by atoms with Gasteiger partial charge in [-0.25, -0.2) is 9.37 Å². The number of rotatable bonds is 2. The van der Waals surface area contributed by atoms with Crippen LogP contribution in [0.4, 0.5) is 4.39 Å². The minimum Gasteiger partial charge on any atom is -0.297 e. The van der Waals surface area contributed by atoms with E-state index in [-0.39, 0.29) is 0 Å². The van der Waals surface area contributed by atoms with E-state index in [9.17, 15) is 9.18 Å². The van der Waals surface area contributed by atoms with Crippen LogP contribution in [0.5, 0.6) is 0 Å².